The van der Waals surface area contributed by atoms with Crippen LogP contribution in [0.5, 0.6) is 0 Å². The monoisotopic (exact) mass is 542 g/mol. The topological polar surface area (TPSA) is 106 Å². The van der Waals surface area contributed by atoms with Crippen molar-refractivity contribution in [2.24, 2.45) is 44.8 Å². The van der Waals surface area contributed by atoms with Gasteiger partial charge >= 0.3 is 0 Å². The first-order chi connectivity index (χ1) is 18.6. The summed E-state index contributed by atoms with van der Waals surface area (Å²) in [5.74, 6) is 0.00283. The molecule has 7 nitrogen and oxygen atoms in total. The molecule has 1 aromatic heterocycles. The predicted molar refractivity (Wildman–Crippen MR) is 150 cm³/mol. The third-order valence-electron chi connectivity index (χ3n) is 12.9. The fourth-order valence-corrected chi connectivity index (χ4v) is 10.6. The normalized spacial score (nSPS) is 43.2. The maximum atomic E-state index is 14.6. The largest absolute Gasteiger partial charge is 0.296 e. The van der Waals surface area contributed by atoms with Gasteiger partial charge in [-0.2, -0.15) is 5.26 Å². The molecule has 0 spiro atoms. The highest BCUT2D eigenvalue weighted by atomic mass is 16.1. The van der Waals surface area contributed by atoms with E-state index in [4.69, 9.17) is 0 Å². The molecule has 1 aromatic rings. The van der Waals surface area contributed by atoms with Crippen LogP contribution in [-0.4, -0.2) is 32.8 Å². The van der Waals surface area contributed by atoms with E-state index >= 15 is 0 Å². The van der Waals surface area contributed by atoms with Crippen molar-refractivity contribution in [1.82, 2.24) is 15.0 Å². The zero-order valence-electron chi connectivity index (χ0n) is 25.0. The molecule has 0 amide bonds. The summed E-state index contributed by atoms with van der Waals surface area (Å²) in [6, 6.07) is 2.19. The molecule has 0 unspecified atom stereocenters. The molecule has 0 radical (unpaired) electrons. The lowest BCUT2D eigenvalue weighted by Crippen LogP contribution is -2.66. The number of Topliss-reactive ketones (excluding diaryl/α,β-unsaturated/α-hetero) is 1. The Morgan fingerprint density at radius 3 is 2.38 bits per heavy atom. The van der Waals surface area contributed by atoms with Crippen molar-refractivity contribution < 1.29 is 14.4 Å². The predicted octanol–water partition coefficient (Wildman–Crippen LogP) is 6.02. The lowest BCUT2D eigenvalue weighted by atomic mass is 9.35. The van der Waals surface area contributed by atoms with Crippen LogP contribution in [0.25, 0.3) is 0 Å². The minimum Gasteiger partial charge on any atom is -0.296 e. The maximum absolute atomic E-state index is 14.6. The zero-order valence-corrected chi connectivity index (χ0v) is 25.0. The van der Waals surface area contributed by atoms with Gasteiger partial charge in [0.15, 0.2) is 17.9 Å². The summed E-state index contributed by atoms with van der Waals surface area (Å²) in [4.78, 5) is 39.4. The van der Waals surface area contributed by atoms with Crippen molar-refractivity contribution in [3.63, 3.8) is 0 Å². The van der Waals surface area contributed by atoms with Crippen molar-refractivity contribution in [2.45, 2.75) is 99.0 Å². The highest BCUT2D eigenvalue weighted by Crippen LogP contribution is 2.74. The molecule has 5 aliphatic carbocycles. The number of hydrogen-bond acceptors (Lipinski definition) is 6. The molecular formula is C33H42N4O3. The number of hydrogen-bond donors (Lipinski definition) is 0. The van der Waals surface area contributed by atoms with Gasteiger partial charge in [0.1, 0.15) is 11.8 Å². The van der Waals surface area contributed by atoms with Gasteiger partial charge in [-0.3, -0.25) is 14.4 Å². The molecular weight excluding hydrogens is 500 g/mol. The summed E-state index contributed by atoms with van der Waals surface area (Å²) in [6.45, 7) is 15.4. The number of allylic oxidation sites excluding steroid dienone is 4. The second-order valence-corrected chi connectivity index (χ2v) is 15.6. The Morgan fingerprint density at radius 1 is 1.02 bits per heavy atom. The maximum Gasteiger partial charge on any atom is 0.178 e. The van der Waals surface area contributed by atoms with Gasteiger partial charge in [-0.1, -0.05) is 65.3 Å². The number of nitrogens with zero attached hydrogens (tertiary/aromatic N) is 4. The van der Waals surface area contributed by atoms with Gasteiger partial charge in [0, 0.05) is 16.7 Å². The summed E-state index contributed by atoms with van der Waals surface area (Å²) >= 11 is 0. The Bertz CT molecular complexity index is 1440. The van der Waals surface area contributed by atoms with E-state index in [1.807, 2.05) is 30.7 Å². The minimum absolute atomic E-state index is 0.0325. The second kappa shape index (κ2) is 8.11. The van der Waals surface area contributed by atoms with Gasteiger partial charge < -0.3 is 0 Å². The average Bonchev–Trinajstić information content (AvgIpc) is 3.37. The molecule has 1 heterocycles. The van der Waals surface area contributed by atoms with E-state index in [1.54, 1.807) is 6.20 Å². The number of rotatable bonds is 2. The lowest BCUT2D eigenvalue weighted by Gasteiger charge is -2.69. The summed E-state index contributed by atoms with van der Waals surface area (Å²) in [5, 5.41) is 18.5. The average molecular weight is 543 g/mol. The molecule has 3 saturated carbocycles. The van der Waals surface area contributed by atoms with Gasteiger partial charge in [0.25, 0.3) is 0 Å². The van der Waals surface area contributed by atoms with E-state index in [0.29, 0.717) is 5.69 Å². The highest BCUT2D eigenvalue weighted by molar-refractivity contribution is 6.04. The van der Waals surface area contributed by atoms with E-state index in [2.05, 4.69) is 51.0 Å². The first kappa shape index (κ1) is 27.3. The summed E-state index contributed by atoms with van der Waals surface area (Å²) in [5.41, 5.74) is -0.343. The van der Waals surface area contributed by atoms with Crippen molar-refractivity contribution in [3.8, 4) is 6.07 Å². The fourth-order valence-electron chi connectivity index (χ4n) is 10.6. The third kappa shape index (κ3) is 3.20. The first-order valence-corrected chi connectivity index (χ1v) is 14.9. The van der Waals surface area contributed by atoms with E-state index < -0.39 is 10.8 Å². The molecule has 0 saturated heterocycles. The molecule has 0 N–H and O–H groups in total. The number of fused-ring (bicyclic) bond motifs is 7. The molecule has 0 aromatic carbocycles. The van der Waals surface area contributed by atoms with Gasteiger partial charge in [0.05, 0.1) is 17.3 Å². The Hall–Kier alpha value is -2.88. The lowest BCUT2D eigenvalue weighted by molar-refractivity contribution is -0.169. The van der Waals surface area contributed by atoms with Gasteiger partial charge in [-0.05, 0) is 79.1 Å². The van der Waals surface area contributed by atoms with Crippen molar-refractivity contribution in [2.75, 3.05) is 0 Å². The Balaban J connectivity index is 1.53. The smallest absolute Gasteiger partial charge is 0.178 e. The van der Waals surface area contributed by atoms with E-state index in [9.17, 15) is 19.6 Å². The SMILES string of the molecule is CC1(C)CC[C@]2(n3cc(C=O)nn3)CC[C@]3(C)[C@H](C(=O)C=C4[C@@]5(C)C=C(C#N)C(=O)C(C)(C)[C@@H]5CC[C@]43C)[C@@H]2C1. The molecule has 0 bridgehead atoms. The van der Waals surface area contributed by atoms with E-state index in [0.717, 1.165) is 56.8 Å². The molecule has 5 aliphatic rings. The van der Waals surface area contributed by atoms with Crippen LogP contribution in [0, 0.1) is 56.2 Å². The second-order valence-electron chi connectivity index (χ2n) is 15.6. The standard InChI is InChI=1S/C33H42N4O3/c1-28(2)10-12-33(37-18-21(19-38)35-36-37)13-11-32(7)26(22(33)16-28)23(39)14-25-30(5)15-20(17-34)27(40)29(3,4)24(30)8-9-31(25,32)6/h14-15,18-19,22,24,26H,8-13,16H2,1-7H3/t22-,24-,26-,30-,31+,32+,33-/m0/s1. The van der Waals surface area contributed by atoms with Crippen LogP contribution in [0.3, 0.4) is 0 Å². The van der Waals surface area contributed by atoms with Gasteiger partial charge in [-0.15, -0.1) is 5.10 Å². The van der Waals surface area contributed by atoms with Crippen LogP contribution < -0.4 is 0 Å². The molecule has 40 heavy (non-hydrogen) atoms. The fraction of sp³-hybridized carbons (Fsp3) is 0.697. The summed E-state index contributed by atoms with van der Waals surface area (Å²) in [7, 11) is 0. The molecule has 212 valence electrons. The molecule has 7 heteroatoms. The quantitative estimate of drug-likeness (QED) is 0.423. The van der Waals surface area contributed by atoms with Crippen LogP contribution in [0.4, 0.5) is 0 Å². The van der Waals surface area contributed by atoms with Crippen molar-refractivity contribution in [1.29, 1.82) is 5.26 Å². The highest BCUT2D eigenvalue weighted by Gasteiger charge is 2.70. The Morgan fingerprint density at radius 2 is 1.73 bits per heavy atom. The van der Waals surface area contributed by atoms with Crippen molar-refractivity contribution >= 4 is 17.9 Å². The van der Waals surface area contributed by atoms with Crippen LogP contribution in [0.1, 0.15) is 104 Å². The molecule has 7 atom stereocenters. The number of ketones is 2. The van der Waals surface area contributed by atoms with Gasteiger partial charge in [0.2, 0.25) is 0 Å². The van der Waals surface area contributed by atoms with Crippen LogP contribution in [0.2, 0.25) is 0 Å². The zero-order chi connectivity index (χ0) is 29.1. The van der Waals surface area contributed by atoms with E-state index in [-0.39, 0.29) is 56.7 Å². The Labute approximate surface area is 237 Å². The van der Waals surface area contributed by atoms with Gasteiger partial charge in [-0.25, -0.2) is 4.68 Å². The number of aromatic nitrogens is 3. The van der Waals surface area contributed by atoms with Crippen LogP contribution >= 0.6 is 0 Å². The molecule has 0 aliphatic heterocycles. The van der Waals surface area contributed by atoms with Crippen LogP contribution in [0.15, 0.2) is 29.5 Å². The van der Waals surface area contributed by atoms with E-state index in [1.165, 1.54) is 0 Å². The molecule has 3 fully saturated rings. The number of aldehydes is 1. The molecule has 6 rings (SSSR count). The number of carbonyl (C=O) groups excluding carboxylic acids is 3. The summed E-state index contributed by atoms with van der Waals surface area (Å²) < 4.78 is 1.93. The minimum atomic E-state index is -0.671. The first-order valence-electron chi connectivity index (χ1n) is 14.9. The third-order valence-corrected chi connectivity index (χ3v) is 12.9. The van der Waals surface area contributed by atoms with Crippen molar-refractivity contribution in [3.05, 3.63) is 35.2 Å². The van der Waals surface area contributed by atoms with Crippen LogP contribution in [-0.2, 0) is 15.1 Å². The number of nitriles is 1. The summed E-state index contributed by atoms with van der Waals surface area (Å²) in [6.07, 6.45) is 12.7. The Kier molecular flexibility index (Phi) is 5.53. The number of carbonyl (C=O) groups is 3.